The molecule has 15 heteroatoms. The van der Waals surface area contributed by atoms with E-state index < -0.39 is 66.1 Å². The first kappa shape index (κ1) is 44.9. The van der Waals surface area contributed by atoms with Gasteiger partial charge in [-0.25, -0.2) is 14.4 Å². The number of alkyl carbamates (subject to hydrolysis) is 2. The van der Waals surface area contributed by atoms with Crippen molar-refractivity contribution in [3.8, 4) is 5.75 Å². The van der Waals surface area contributed by atoms with Crippen LogP contribution in [0.5, 0.6) is 5.75 Å². The number of carboxylic acid groups (broad SMARTS) is 1. The normalized spacial score (nSPS) is 15.8. The van der Waals surface area contributed by atoms with Crippen LogP contribution in [0.3, 0.4) is 0 Å². The number of amides is 5. The minimum atomic E-state index is -1.33. The van der Waals surface area contributed by atoms with Crippen molar-refractivity contribution in [1.82, 2.24) is 26.2 Å². The van der Waals surface area contributed by atoms with Crippen LogP contribution in [0.4, 0.5) is 9.59 Å². The average molecular weight is 856 g/mol. The van der Waals surface area contributed by atoms with Gasteiger partial charge in [0.15, 0.2) is 0 Å². The van der Waals surface area contributed by atoms with E-state index in [0.717, 1.165) is 5.56 Å². The molecule has 63 heavy (non-hydrogen) atoms. The number of nitrogens with one attached hydrogen (secondary N) is 4. The number of phenolic OH excluding ortho intramolecular Hbond substituents is 1. The molecule has 1 saturated heterocycles. The lowest BCUT2D eigenvalue weighted by Gasteiger charge is -2.30. The smallest absolute Gasteiger partial charge is 0.408 e. The van der Waals surface area contributed by atoms with E-state index in [2.05, 4.69) is 21.3 Å². The molecule has 0 radical (unpaired) electrons. The van der Waals surface area contributed by atoms with Crippen LogP contribution in [0.2, 0.25) is 0 Å². The van der Waals surface area contributed by atoms with Crippen molar-refractivity contribution >= 4 is 35.9 Å². The molecular formula is C48H49N5O10. The van der Waals surface area contributed by atoms with Gasteiger partial charge in [-0.15, -0.1) is 0 Å². The van der Waals surface area contributed by atoms with Gasteiger partial charge in [-0.1, -0.05) is 133 Å². The molecule has 1 fully saturated rings. The van der Waals surface area contributed by atoms with Gasteiger partial charge in [0, 0.05) is 25.8 Å². The Balaban J connectivity index is 1.25. The molecule has 0 unspecified atom stereocenters. The molecule has 0 aromatic heterocycles. The number of likely N-dealkylation sites (tertiary alicyclic amines) is 1. The van der Waals surface area contributed by atoms with Crippen molar-refractivity contribution in [3.63, 3.8) is 0 Å². The van der Waals surface area contributed by atoms with E-state index >= 15 is 0 Å². The second-order valence-electron chi connectivity index (χ2n) is 15.1. The third kappa shape index (κ3) is 13.7. The molecule has 1 heterocycles. The summed E-state index contributed by atoms with van der Waals surface area (Å²) in [6.45, 7) is -0.303. The summed E-state index contributed by atoms with van der Waals surface area (Å²) in [5, 5.41) is 30.8. The highest BCUT2D eigenvalue weighted by molar-refractivity contribution is 5.95. The average Bonchev–Trinajstić information content (AvgIpc) is 3.72. The molecule has 15 nitrogen and oxygen atoms in total. The lowest BCUT2D eigenvalue weighted by atomic mass is 10.0. The zero-order valence-corrected chi connectivity index (χ0v) is 34.3. The Morgan fingerprint density at radius 1 is 0.556 bits per heavy atom. The minimum absolute atomic E-state index is 0.00923. The summed E-state index contributed by atoms with van der Waals surface area (Å²) < 4.78 is 10.9. The summed E-state index contributed by atoms with van der Waals surface area (Å²) >= 11 is 0. The third-order valence-corrected chi connectivity index (χ3v) is 10.4. The number of benzene rings is 5. The van der Waals surface area contributed by atoms with E-state index in [-0.39, 0.29) is 51.2 Å². The fraction of sp³-hybridized carbons (Fsp3) is 0.250. The predicted octanol–water partition coefficient (Wildman–Crippen LogP) is 4.67. The topological polar surface area (TPSA) is 213 Å². The molecular weight excluding hydrogens is 807 g/mol. The van der Waals surface area contributed by atoms with E-state index in [1.165, 1.54) is 17.0 Å². The fourth-order valence-corrected chi connectivity index (χ4v) is 7.19. The maximum atomic E-state index is 14.7. The molecule has 5 atom stereocenters. The highest BCUT2D eigenvalue weighted by Crippen LogP contribution is 2.23. The number of rotatable bonds is 18. The van der Waals surface area contributed by atoms with Gasteiger partial charge in [-0.05, 0) is 46.4 Å². The standard InChI is InChI=1S/C48H49N5O10/c54-38-23-21-34(22-24-38)26-40(52-48(61)63-31-36-19-11-4-12-20-36)45(57)53-29-37(49-47(60)62-30-35-17-9-3-10-18-35)28-42(53)44(56)50-39(25-32-13-5-1-6-14-32)43(55)51-41(46(58)59)27-33-15-7-2-8-16-33/h1-24,37,39-42,54H,25-31H2,(H,49,60)(H,50,56)(H,51,55)(H,52,61)(H,58,59)/t37-,39+,40-,41-,42-/m0/s1. The number of aromatic hydroxyl groups is 1. The van der Waals surface area contributed by atoms with Gasteiger partial charge in [0.2, 0.25) is 17.7 Å². The molecule has 5 aromatic rings. The Labute approximate surface area is 364 Å². The lowest BCUT2D eigenvalue weighted by Crippen LogP contribution is -2.58. The van der Waals surface area contributed by atoms with Gasteiger partial charge in [0.25, 0.3) is 0 Å². The number of carboxylic acids is 1. The van der Waals surface area contributed by atoms with Crippen LogP contribution >= 0.6 is 0 Å². The quantitative estimate of drug-likeness (QED) is 0.0717. The van der Waals surface area contributed by atoms with E-state index in [1.54, 1.807) is 121 Å². The number of carbonyl (C=O) groups excluding carboxylic acids is 5. The first-order valence-electron chi connectivity index (χ1n) is 20.4. The highest BCUT2D eigenvalue weighted by Gasteiger charge is 2.44. The molecule has 1 aliphatic heterocycles. The van der Waals surface area contributed by atoms with Crippen molar-refractivity contribution in [2.45, 2.75) is 69.1 Å². The Morgan fingerprint density at radius 2 is 1.02 bits per heavy atom. The van der Waals surface area contributed by atoms with Crippen molar-refractivity contribution in [3.05, 3.63) is 173 Å². The Bertz CT molecular complexity index is 2300. The summed E-state index contributed by atoms with van der Waals surface area (Å²) in [7, 11) is 0. The summed E-state index contributed by atoms with van der Waals surface area (Å²) in [6.07, 6.45) is -1.91. The zero-order chi connectivity index (χ0) is 44.6. The molecule has 1 aliphatic rings. The largest absolute Gasteiger partial charge is 0.508 e. The van der Waals surface area contributed by atoms with Gasteiger partial charge >= 0.3 is 18.2 Å². The Morgan fingerprint density at radius 3 is 1.54 bits per heavy atom. The number of aliphatic carboxylic acids is 1. The molecule has 326 valence electrons. The number of ether oxygens (including phenoxy) is 2. The Hall–Kier alpha value is -7.68. The molecule has 0 bridgehead atoms. The first-order chi connectivity index (χ1) is 30.5. The molecule has 5 aromatic carbocycles. The minimum Gasteiger partial charge on any atom is -0.508 e. The van der Waals surface area contributed by atoms with Crippen molar-refractivity contribution in [2.24, 2.45) is 0 Å². The number of carbonyl (C=O) groups is 6. The van der Waals surface area contributed by atoms with Crippen LogP contribution in [0, 0.1) is 0 Å². The first-order valence-corrected chi connectivity index (χ1v) is 20.4. The van der Waals surface area contributed by atoms with Crippen LogP contribution in [0.1, 0.15) is 34.2 Å². The summed E-state index contributed by atoms with van der Waals surface area (Å²) in [6, 6.07) is 35.6. The maximum absolute atomic E-state index is 14.7. The van der Waals surface area contributed by atoms with Crippen LogP contribution in [0.25, 0.3) is 0 Å². The molecule has 5 amide bonds. The fourth-order valence-electron chi connectivity index (χ4n) is 7.19. The number of phenols is 1. The van der Waals surface area contributed by atoms with E-state index in [4.69, 9.17) is 9.47 Å². The number of hydrogen-bond acceptors (Lipinski definition) is 9. The van der Waals surface area contributed by atoms with Gasteiger partial charge in [-0.3, -0.25) is 14.4 Å². The maximum Gasteiger partial charge on any atom is 0.408 e. The van der Waals surface area contributed by atoms with Crippen LogP contribution in [-0.2, 0) is 61.1 Å². The zero-order valence-electron chi connectivity index (χ0n) is 34.3. The Kier molecular flexibility index (Phi) is 15.8. The van der Waals surface area contributed by atoms with Crippen molar-refractivity contribution in [2.75, 3.05) is 6.54 Å². The van der Waals surface area contributed by atoms with Crippen LogP contribution in [-0.4, -0.2) is 87.7 Å². The van der Waals surface area contributed by atoms with Gasteiger partial charge in [-0.2, -0.15) is 0 Å². The second kappa shape index (κ2) is 22.2. The predicted molar refractivity (Wildman–Crippen MR) is 231 cm³/mol. The molecule has 6 rings (SSSR count). The van der Waals surface area contributed by atoms with Gasteiger partial charge < -0.3 is 45.9 Å². The summed E-state index contributed by atoms with van der Waals surface area (Å²) in [5.74, 6) is -3.50. The number of nitrogens with zero attached hydrogens (tertiary/aromatic N) is 1. The third-order valence-electron chi connectivity index (χ3n) is 10.4. The summed E-state index contributed by atoms with van der Waals surface area (Å²) in [5.41, 5.74) is 3.36. The molecule has 0 spiro atoms. The molecule has 0 saturated carbocycles. The molecule has 0 aliphatic carbocycles. The van der Waals surface area contributed by atoms with Crippen molar-refractivity contribution in [1.29, 1.82) is 0 Å². The molecule has 6 N–H and O–H groups in total. The number of hydrogen-bond donors (Lipinski definition) is 6. The monoisotopic (exact) mass is 855 g/mol. The second-order valence-corrected chi connectivity index (χ2v) is 15.1. The van der Waals surface area contributed by atoms with E-state index in [1.807, 2.05) is 12.1 Å². The van der Waals surface area contributed by atoms with Crippen molar-refractivity contribution < 1.29 is 48.5 Å². The van der Waals surface area contributed by atoms with E-state index in [0.29, 0.717) is 22.3 Å². The van der Waals surface area contributed by atoms with Gasteiger partial charge in [0.1, 0.15) is 43.1 Å². The van der Waals surface area contributed by atoms with Crippen LogP contribution in [0.15, 0.2) is 146 Å². The summed E-state index contributed by atoms with van der Waals surface area (Å²) in [4.78, 5) is 83.2. The van der Waals surface area contributed by atoms with Gasteiger partial charge in [0.05, 0.1) is 6.04 Å². The highest BCUT2D eigenvalue weighted by atomic mass is 16.6. The van der Waals surface area contributed by atoms with Crippen LogP contribution < -0.4 is 21.3 Å². The lowest BCUT2D eigenvalue weighted by molar-refractivity contribution is -0.143. The van der Waals surface area contributed by atoms with E-state index in [9.17, 15) is 39.0 Å². The SMILES string of the molecule is O=C(N[C@H]1C[C@@H](C(=O)N[C@H](Cc2ccccc2)C(=O)N[C@@H](Cc2ccccc2)C(=O)O)N(C(=O)[C@H](Cc2ccc(O)cc2)NC(=O)OCc2ccccc2)C1)OCc1ccccc1.